The molecular formula is C13H19FN2O. The van der Waals surface area contributed by atoms with Gasteiger partial charge in [-0.05, 0) is 44.4 Å². The van der Waals surface area contributed by atoms with E-state index >= 15 is 0 Å². The SMILES string of the molecule is Cc1ccc(NC(=O)CCCC(C)N)c(F)c1. The lowest BCUT2D eigenvalue weighted by molar-refractivity contribution is -0.116. The summed E-state index contributed by atoms with van der Waals surface area (Å²) in [6.45, 7) is 3.70. The van der Waals surface area contributed by atoms with Crippen molar-refractivity contribution in [3.63, 3.8) is 0 Å². The summed E-state index contributed by atoms with van der Waals surface area (Å²) < 4.78 is 13.4. The molecule has 0 bridgehead atoms. The Labute approximate surface area is 101 Å². The van der Waals surface area contributed by atoms with E-state index in [9.17, 15) is 9.18 Å². The zero-order chi connectivity index (χ0) is 12.8. The smallest absolute Gasteiger partial charge is 0.224 e. The third-order valence-electron chi connectivity index (χ3n) is 2.46. The molecule has 1 rings (SSSR count). The number of hydrogen-bond acceptors (Lipinski definition) is 2. The third-order valence-corrected chi connectivity index (χ3v) is 2.46. The first kappa shape index (κ1) is 13.6. The van der Waals surface area contributed by atoms with E-state index in [1.807, 2.05) is 6.92 Å². The molecule has 0 fully saturated rings. The molecule has 1 unspecified atom stereocenters. The molecule has 94 valence electrons. The van der Waals surface area contributed by atoms with E-state index in [1.54, 1.807) is 19.1 Å². The molecule has 1 amide bonds. The number of nitrogens with two attached hydrogens (primary N) is 1. The minimum Gasteiger partial charge on any atom is -0.328 e. The van der Waals surface area contributed by atoms with Crippen molar-refractivity contribution in [2.45, 2.75) is 39.2 Å². The highest BCUT2D eigenvalue weighted by atomic mass is 19.1. The summed E-state index contributed by atoms with van der Waals surface area (Å²) in [5.74, 6) is -0.570. The number of carbonyl (C=O) groups excluding carboxylic acids is 1. The highest BCUT2D eigenvalue weighted by molar-refractivity contribution is 5.90. The van der Waals surface area contributed by atoms with Crippen LogP contribution in [0.4, 0.5) is 10.1 Å². The van der Waals surface area contributed by atoms with Crippen LogP contribution in [-0.2, 0) is 4.79 Å². The molecule has 0 aromatic heterocycles. The van der Waals surface area contributed by atoms with E-state index in [0.29, 0.717) is 6.42 Å². The van der Waals surface area contributed by atoms with Crippen LogP contribution in [0.15, 0.2) is 18.2 Å². The maximum atomic E-state index is 13.4. The van der Waals surface area contributed by atoms with Crippen molar-refractivity contribution in [2.24, 2.45) is 5.73 Å². The molecule has 3 nitrogen and oxygen atoms in total. The highest BCUT2D eigenvalue weighted by Gasteiger charge is 2.07. The number of halogens is 1. The first-order valence-electron chi connectivity index (χ1n) is 5.80. The fraction of sp³-hybridized carbons (Fsp3) is 0.462. The number of amides is 1. The fourth-order valence-corrected chi connectivity index (χ4v) is 1.52. The maximum Gasteiger partial charge on any atom is 0.224 e. The Morgan fingerprint density at radius 1 is 1.53 bits per heavy atom. The Kier molecular flexibility index (Phi) is 5.10. The second kappa shape index (κ2) is 6.35. The van der Waals surface area contributed by atoms with Gasteiger partial charge in [-0.3, -0.25) is 4.79 Å². The van der Waals surface area contributed by atoms with Crippen LogP contribution in [0.5, 0.6) is 0 Å². The third kappa shape index (κ3) is 4.95. The average Bonchev–Trinajstić information content (AvgIpc) is 2.21. The van der Waals surface area contributed by atoms with E-state index in [4.69, 9.17) is 5.73 Å². The molecule has 0 heterocycles. The molecule has 1 aromatic carbocycles. The van der Waals surface area contributed by atoms with Gasteiger partial charge >= 0.3 is 0 Å². The first-order valence-corrected chi connectivity index (χ1v) is 5.80. The number of nitrogens with one attached hydrogen (secondary N) is 1. The lowest BCUT2D eigenvalue weighted by Crippen LogP contribution is -2.17. The molecule has 1 aromatic rings. The standard InChI is InChI=1S/C13H19FN2O/c1-9-6-7-12(11(14)8-9)16-13(17)5-3-4-10(2)15/h6-8,10H,3-5,15H2,1-2H3,(H,16,17). The zero-order valence-electron chi connectivity index (χ0n) is 10.3. The van der Waals surface area contributed by atoms with Gasteiger partial charge in [-0.1, -0.05) is 6.07 Å². The number of benzene rings is 1. The predicted molar refractivity (Wildman–Crippen MR) is 67.3 cm³/mol. The summed E-state index contributed by atoms with van der Waals surface area (Å²) >= 11 is 0. The molecule has 0 radical (unpaired) electrons. The Morgan fingerprint density at radius 2 is 2.24 bits per heavy atom. The molecule has 0 spiro atoms. The predicted octanol–water partition coefficient (Wildman–Crippen LogP) is 2.59. The van der Waals surface area contributed by atoms with Crippen molar-refractivity contribution in [3.8, 4) is 0 Å². The molecule has 0 saturated carbocycles. The van der Waals surface area contributed by atoms with Crippen molar-refractivity contribution >= 4 is 11.6 Å². The molecule has 17 heavy (non-hydrogen) atoms. The molecule has 4 heteroatoms. The van der Waals surface area contributed by atoms with Gasteiger partial charge in [0, 0.05) is 12.5 Å². The van der Waals surface area contributed by atoms with Gasteiger partial charge in [-0.15, -0.1) is 0 Å². The fourth-order valence-electron chi connectivity index (χ4n) is 1.52. The van der Waals surface area contributed by atoms with Crippen LogP contribution in [0.3, 0.4) is 0 Å². The van der Waals surface area contributed by atoms with Crippen molar-refractivity contribution < 1.29 is 9.18 Å². The first-order chi connectivity index (χ1) is 7.99. The summed E-state index contributed by atoms with van der Waals surface area (Å²) in [5, 5.41) is 2.56. The Morgan fingerprint density at radius 3 is 2.82 bits per heavy atom. The minimum absolute atomic E-state index is 0.0962. The molecule has 0 aliphatic heterocycles. The number of rotatable bonds is 5. The number of hydrogen-bond donors (Lipinski definition) is 2. The number of aryl methyl sites for hydroxylation is 1. The summed E-state index contributed by atoms with van der Waals surface area (Å²) in [4.78, 5) is 11.5. The lowest BCUT2D eigenvalue weighted by Gasteiger charge is -2.08. The van der Waals surface area contributed by atoms with Crippen LogP contribution < -0.4 is 11.1 Å². The van der Waals surface area contributed by atoms with Gasteiger partial charge in [0.25, 0.3) is 0 Å². The Balaban J connectivity index is 2.45. The van der Waals surface area contributed by atoms with Gasteiger partial charge in [-0.25, -0.2) is 4.39 Å². The van der Waals surface area contributed by atoms with Gasteiger partial charge in [0.1, 0.15) is 5.82 Å². The van der Waals surface area contributed by atoms with Crippen LogP contribution >= 0.6 is 0 Å². The Hall–Kier alpha value is -1.42. The Bertz CT molecular complexity index is 391. The van der Waals surface area contributed by atoms with Crippen molar-refractivity contribution in [1.82, 2.24) is 0 Å². The van der Waals surface area contributed by atoms with Crippen LogP contribution in [0.25, 0.3) is 0 Å². The van der Waals surface area contributed by atoms with E-state index in [2.05, 4.69) is 5.32 Å². The van der Waals surface area contributed by atoms with Gasteiger partial charge in [0.15, 0.2) is 0 Å². The van der Waals surface area contributed by atoms with E-state index in [1.165, 1.54) is 6.07 Å². The van der Waals surface area contributed by atoms with E-state index in [0.717, 1.165) is 18.4 Å². The molecule has 1 atom stereocenters. The lowest BCUT2D eigenvalue weighted by atomic mass is 10.1. The topological polar surface area (TPSA) is 55.1 Å². The van der Waals surface area contributed by atoms with E-state index < -0.39 is 5.82 Å². The van der Waals surface area contributed by atoms with Gasteiger partial charge in [0.05, 0.1) is 5.69 Å². The largest absolute Gasteiger partial charge is 0.328 e. The molecule has 0 aliphatic rings. The molecule has 0 aliphatic carbocycles. The van der Waals surface area contributed by atoms with Crippen LogP contribution in [0.2, 0.25) is 0 Å². The van der Waals surface area contributed by atoms with Gasteiger partial charge < -0.3 is 11.1 Å². The second-order valence-corrected chi connectivity index (χ2v) is 4.40. The van der Waals surface area contributed by atoms with Crippen LogP contribution in [0.1, 0.15) is 31.7 Å². The highest BCUT2D eigenvalue weighted by Crippen LogP contribution is 2.15. The van der Waals surface area contributed by atoms with Crippen molar-refractivity contribution in [1.29, 1.82) is 0 Å². The molecule has 0 saturated heterocycles. The zero-order valence-corrected chi connectivity index (χ0v) is 10.3. The normalized spacial score (nSPS) is 12.2. The summed E-state index contributed by atoms with van der Waals surface area (Å²) in [5.41, 5.74) is 6.65. The van der Waals surface area contributed by atoms with Gasteiger partial charge in [0.2, 0.25) is 5.91 Å². The molecular weight excluding hydrogens is 219 g/mol. The minimum atomic E-state index is -0.398. The summed E-state index contributed by atoms with van der Waals surface area (Å²) in [7, 11) is 0. The van der Waals surface area contributed by atoms with Gasteiger partial charge in [-0.2, -0.15) is 0 Å². The van der Waals surface area contributed by atoms with Crippen molar-refractivity contribution in [3.05, 3.63) is 29.6 Å². The van der Waals surface area contributed by atoms with E-state index in [-0.39, 0.29) is 17.6 Å². The van der Waals surface area contributed by atoms with Crippen LogP contribution in [0, 0.1) is 12.7 Å². The summed E-state index contributed by atoms with van der Waals surface area (Å²) in [6, 6.07) is 4.84. The second-order valence-electron chi connectivity index (χ2n) is 4.40. The summed E-state index contributed by atoms with van der Waals surface area (Å²) in [6.07, 6.45) is 1.88. The monoisotopic (exact) mass is 238 g/mol. The number of carbonyl (C=O) groups is 1. The maximum absolute atomic E-state index is 13.4. The number of anilines is 1. The molecule has 3 N–H and O–H groups in total. The average molecular weight is 238 g/mol. The van der Waals surface area contributed by atoms with Crippen molar-refractivity contribution in [2.75, 3.05) is 5.32 Å². The quantitative estimate of drug-likeness (QED) is 0.828. The van der Waals surface area contributed by atoms with Crippen LogP contribution in [-0.4, -0.2) is 11.9 Å².